The van der Waals surface area contributed by atoms with Gasteiger partial charge in [-0.15, -0.1) is 0 Å². The summed E-state index contributed by atoms with van der Waals surface area (Å²) in [5, 5.41) is 6.89. The summed E-state index contributed by atoms with van der Waals surface area (Å²) < 4.78 is 5.28. The third-order valence-corrected chi connectivity index (χ3v) is 6.15. The van der Waals surface area contributed by atoms with E-state index in [4.69, 9.17) is 4.74 Å². The maximum atomic E-state index is 13.6. The summed E-state index contributed by atoms with van der Waals surface area (Å²) in [6, 6.07) is 28.7. The van der Waals surface area contributed by atoms with Gasteiger partial charge >= 0.3 is 0 Å². The summed E-state index contributed by atoms with van der Waals surface area (Å²) in [7, 11) is 1.66. The van der Waals surface area contributed by atoms with Crippen LogP contribution in [0.2, 0.25) is 0 Å². The zero-order valence-corrected chi connectivity index (χ0v) is 18.0. The van der Waals surface area contributed by atoms with Gasteiger partial charge < -0.3 is 15.4 Å². The normalized spacial score (nSPS) is 19.4. The van der Waals surface area contributed by atoms with Crippen LogP contribution in [0.15, 0.2) is 84.9 Å². The van der Waals surface area contributed by atoms with Crippen LogP contribution < -0.4 is 15.4 Å². The molecular weight excluding hydrogens is 384 g/mol. The number of nitrogens with one attached hydrogen (secondary N) is 2. The fraction of sp³-hybridized carbons (Fsp3) is 0.296. The molecule has 2 N–H and O–H groups in total. The average Bonchev–Trinajstić information content (AvgIpc) is 2.84. The van der Waals surface area contributed by atoms with Crippen LogP contribution in [0.25, 0.3) is 0 Å². The van der Waals surface area contributed by atoms with Crippen molar-refractivity contribution in [3.05, 3.63) is 102 Å². The topological polar surface area (TPSA) is 50.4 Å². The number of amides is 1. The second-order valence-electron chi connectivity index (χ2n) is 8.14. The number of ether oxygens (including phenoxy) is 1. The van der Waals surface area contributed by atoms with Crippen LogP contribution >= 0.6 is 0 Å². The van der Waals surface area contributed by atoms with E-state index in [-0.39, 0.29) is 23.8 Å². The first kappa shape index (κ1) is 21.1. The highest BCUT2D eigenvalue weighted by atomic mass is 16.5. The van der Waals surface area contributed by atoms with Crippen LogP contribution in [0.4, 0.5) is 0 Å². The molecule has 0 aromatic heterocycles. The quantitative estimate of drug-likeness (QED) is 0.607. The average molecular weight is 415 g/mol. The molecule has 0 bridgehead atoms. The van der Waals surface area contributed by atoms with Gasteiger partial charge in [-0.25, -0.2) is 0 Å². The molecule has 0 saturated carbocycles. The molecule has 3 atom stereocenters. The SMILES string of the molecule is COc1ccc(CC(C(=O)NC2CCNCC2c2ccccc2)c2ccccc2)cc1. The molecule has 31 heavy (non-hydrogen) atoms. The summed E-state index contributed by atoms with van der Waals surface area (Å²) in [5.74, 6) is 0.955. The van der Waals surface area contributed by atoms with Crippen molar-refractivity contribution in [1.82, 2.24) is 10.6 Å². The molecule has 0 radical (unpaired) electrons. The lowest BCUT2D eigenvalue weighted by molar-refractivity contribution is -0.123. The van der Waals surface area contributed by atoms with E-state index in [9.17, 15) is 4.79 Å². The van der Waals surface area contributed by atoms with E-state index in [1.54, 1.807) is 7.11 Å². The number of benzene rings is 3. The van der Waals surface area contributed by atoms with E-state index in [2.05, 4.69) is 34.9 Å². The smallest absolute Gasteiger partial charge is 0.228 e. The summed E-state index contributed by atoms with van der Waals surface area (Å²) in [4.78, 5) is 13.6. The molecule has 0 aliphatic carbocycles. The molecule has 4 heteroatoms. The number of carbonyl (C=O) groups excluding carboxylic acids is 1. The Labute approximate surface area is 184 Å². The van der Waals surface area contributed by atoms with E-state index in [0.29, 0.717) is 6.42 Å². The van der Waals surface area contributed by atoms with E-state index in [0.717, 1.165) is 36.4 Å². The van der Waals surface area contributed by atoms with E-state index in [1.165, 1.54) is 5.56 Å². The van der Waals surface area contributed by atoms with Crippen LogP contribution in [0.1, 0.15) is 34.9 Å². The third kappa shape index (κ3) is 5.33. The standard InChI is InChI=1S/C27H30N2O2/c1-31-23-14-12-20(13-15-23)18-24(21-8-4-2-5-9-21)27(30)29-26-16-17-28-19-25(26)22-10-6-3-7-11-22/h2-15,24-26,28H,16-19H2,1H3,(H,29,30). The van der Waals surface area contributed by atoms with Crippen molar-refractivity contribution < 1.29 is 9.53 Å². The second-order valence-corrected chi connectivity index (χ2v) is 8.14. The Morgan fingerprint density at radius 1 is 1.00 bits per heavy atom. The summed E-state index contributed by atoms with van der Waals surface area (Å²) >= 11 is 0. The number of hydrogen-bond acceptors (Lipinski definition) is 3. The van der Waals surface area contributed by atoms with Gasteiger partial charge in [0.05, 0.1) is 13.0 Å². The molecule has 1 fully saturated rings. The Bertz CT molecular complexity index is 958. The van der Waals surface area contributed by atoms with Crippen LogP contribution in [0, 0.1) is 0 Å². The first-order valence-corrected chi connectivity index (χ1v) is 11.0. The molecular formula is C27H30N2O2. The van der Waals surface area contributed by atoms with Crippen LogP contribution in [0.5, 0.6) is 5.75 Å². The molecule has 4 rings (SSSR count). The molecule has 3 aromatic rings. The molecule has 0 spiro atoms. The lowest BCUT2D eigenvalue weighted by Gasteiger charge is -2.34. The van der Waals surface area contributed by atoms with Gasteiger partial charge in [0.25, 0.3) is 0 Å². The molecule has 1 amide bonds. The maximum absolute atomic E-state index is 13.6. The molecule has 1 aliphatic rings. The number of hydrogen-bond donors (Lipinski definition) is 2. The van der Waals surface area contributed by atoms with Crippen molar-refractivity contribution >= 4 is 5.91 Å². The Balaban J connectivity index is 1.54. The first-order valence-electron chi connectivity index (χ1n) is 11.0. The first-order chi connectivity index (χ1) is 15.2. The number of carbonyl (C=O) groups is 1. The van der Waals surface area contributed by atoms with Crippen molar-refractivity contribution in [2.75, 3.05) is 20.2 Å². The van der Waals surface area contributed by atoms with Gasteiger partial charge in [0, 0.05) is 18.5 Å². The van der Waals surface area contributed by atoms with Crippen molar-refractivity contribution in [1.29, 1.82) is 0 Å². The largest absolute Gasteiger partial charge is 0.497 e. The lowest BCUT2D eigenvalue weighted by atomic mass is 9.85. The molecule has 3 unspecified atom stereocenters. The van der Waals surface area contributed by atoms with Crippen molar-refractivity contribution in [3.8, 4) is 5.75 Å². The van der Waals surface area contributed by atoms with Crippen LogP contribution in [-0.2, 0) is 11.2 Å². The van der Waals surface area contributed by atoms with Crippen molar-refractivity contribution in [3.63, 3.8) is 0 Å². The van der Waals surface area contributed by atoms with Gasteiger partial charge in [0.2, 0.25) is 5.91 Å². The lowest BCUT2D eigenvalue weighted by Crippen LogP contribution is -2.49. The Hall–Kier alpha value is -3.11. The van der Waals surface area contributed by atoms with Crippen molar-refractivity contribution in [2.45, 2.75) is 30.7 Å². The minimum absolute atomic E-state index is 0.0925. The predicted molar refractivity (Wildman–Crippen MR) is 124 cm³/mol. The van der Waals surface area contributed by atoms with Gasteiger partial charge in [-0.2, -0.15) is 0 Å². The number of methoxy groups -OCH3 is 1. The Morgan fingerprint density at radius 3 is 2.35 bits per heavy atom. The summed E-state index contributed by atoms with van der Waals surface area (Å²) in [6.45, 7) is 1.80. The summed E-state index contributed by atoms with van der Waals surface area (Å²) in [5.41, 5.74) is 3.43. The minimum Gasteiger partial charge on any atom is -0.497 e. The Morgan fingerprint density at radius 2 is 1.68 bits per heavy atom. The predicted octanol–water partition coefficient (Wildman–Crippen LogP) is 4.28. The molecule has 4 nitrogen and oxygen atoms in total. The highest BCUT2D eigenvalue weighted by Gasteiger charge is 2.30. The zero-order valence-electron chi connectivity index (χ0n) is 18.0. The molecule has 1 saturated heterocycles. The van der Waals surface area contributed by atoms with Gasteiger partial charge in [0.1, 0.15) is 5.75 Å². The molecule has 1 heterocycles. The van der Waals surface area contributed by atoms with Crippen molar-refractivity contribution in [2.24, 2.45) is 0 Å². The van der Waals surface area contributed by atoms with Gasteiger partial charge in [-0.1, -0.05) is 72.8 Å². The van der Waals surface area contributed by atoms with E-state index >= 15 is 0 Å². The highest BCUT2D eigenvalue weighted by molar-refractivity contribution is 5.84. The Kier molecular flexibility index (Phi) is 7.00. The molecule has 1 aliphatic heterocycles. The fourth-order valence-electron chi connectivity index (χ4n) is 4.41. The van der Waals surface area contributed by atoms with E-state index < -0.39 is 0 Å². The number of rotatable bonds is 7. The fourth-order valence-corrected chi connectivity index (χ4v) is 4.41. The van der Waals surface area contributed by atoms with Crippen LogP contribution in [0.3, 0.4) is 0 Å². The van der Waals surface area contributed by atoms with E-state index in [1.807, 2.05) is 60.7 Å². The molecule has 160 valence electrons. The number of piperidine rings is 1. The summed E-state index contributed by atoms with van der Waals surface area (Å²) in [6.07, 6.45) is 1.58. The minimum atomic E-state index is -0.235. The second kappa shape index (κ2) is 10.3. The maximum Gasteiger partial charge on any atom is 0.228 e. The van der Waals surface area contributed by atoms with Gasteiger partial charge in [0.15, 0.2) is 0 Å². The monoisotopic (exact) mass is 414 g/mol. The van der Waals surface area contributed by atoms with Crippen LogP contribution in [-0.4, -0.2) is 32.1 Å². The van der Waals surface area contributed by atoms with Gasteiger partial charge in [-0.05, 0) is 48.2 Å². The highest BCUT2D eigenvalue weighted by Crippen LogP contribution is 2.27. The third-order valence-electron chi connectivity index (χ3n) is 6.15. The zero-order chi connectivity index (χ0) is 21.5. The van der Waals surface area contributed by atoms with Gasteiger partial charge in [-0.3, -0.25) is 4.79 Å². The molecule has 3 aromatic carbocycles.